The summed E-state index contributed by atoms with van der Waals surface area (Å²) in [6.07, 6.45) is 4.90. The number of hydrazine groups is 1. The zero-order valence-electron chi connectivity index (χ0n) is 12.4. The van der Waals surface area contributed by atoms with Crippen molar-refractivity contribution in [1.29, 1.82) is 0 Å². The number of pyridine rings is 1. The number of nitrogens with one attached hydrogen (secondary N) is 1. The molecule has 0 amide bonds. The summed E-state index contributed by atoms with van der Waals surface area (Å²) in [5.41, 5.74) is 5.42. The van der Waals surface area contributed by atoms with Gasteiger partial charge in [0, 0.05) is 37.3 Å². The Bertz CT molecular complexity index is 660. The standard InChI is InChI=1S/C17H19N3O2/c21-11-13-9-14(17(22-13)16-3-1-2-6-18-16)15-10-19-20-7-4-12(15)5-8-20/h1-3,6,9,11-12,15,19H,4-5,7-8,10H2. The first kappa shape index (κ1) is 13.7. The number of rotatable bonds is 3. The summed E-state index contributed by atoms with van der Waals surface area (Å²) >= 11 is 0. The Hall–Kier alpha value is -1.98. The van der Waals surface area contributed by atoms with Crippen molar-refractivity contribution in [2.24, 2.45) is 5.92 Å². The van der Waals surface area contributed by atoms with E-state index in [0.717, 1.165) is 42.9 Å². The van der Waals surface area contributed by atoms with Crippen LogP contribution in [-0.2, 0) is 0 Å². The fourth-order valence-electron chi connectivity index (χ4n) is 3.67. The maximum Gasteiger partial charge on any atom is 0.185 e. The van der Waals surface area contributed by atoms with Gasteiger partial charge in [-0.2, -0.15) is 0 Å². The second-order valence-corrected chi connectivity index (χ2v) is 6.06. The average Bonchev–Trinajstić information content (AvgIpc) is 2.79. The second-order valence-electron chi connectivity index (χ2n) is 6.06. The predicted octanol–water partition coefficient (Wildman–Crippen LogP) is 2.47. The number of carbonyl (C=O) groups is 1. The second kappa shape index (κ2) is 5.66. The van der Waals surface area contributed by atoms with Crippen LogP contribution in [0.25, 0.3) is 11.5 Å². The fraction of sp³-hybridized carbons (Fsp3) is 0.412. The van der Waals surface area contributed by atoms with Crippen molar-refractivity contribution in [3.8, 4) is 11.5 Å². The number of carbonyl (C=O) groups excluding carboxylic acids is 1. The summed E-state index contributed by atoms with van der Waals surface area (Å²) in [5, 5.41) is 2.30. The molecule has 22 heavy (non-hydrogen) atoms. The molecule has 5 rings (SSSR count). The van der Waals surface area contributed by atoms with E-state index in [0.29, 0.717) is 17.6 Å². The molecule has 3 aliphatic rings. The smallest absolute Gasteiger partial charge is 0.185 e. The molecule has 3 aliphatic heterocycles. The number of nitrogens with zero attached hydrogens (tertiary/aromatic N) is 2. The first-order chi connectivity index (χ1) is 10.8. The number of hydrogen-bond donors (Lipinski definition) is 1. The van der Waals surface area contributed by atoms with Crippen LogP contribution in [0.1, 0.15) is 34.9 Å². The fourth-order valence-corrected chi connectivity index (χ4v) is 3.67. The Kier molecular flexibility index (Phi) is 3.52. The highest BCUT2D eigenvalue weighted by molar-refractivity contribution is 5.74. The molecule has 2 bridgehead atoms. The summed E-state index contributed by atoms with van der Waals surface area (Å²) < 4.78 is 5.78. The molecule has 1 atom stereocenters. The van der Waals surface area contributed by atoms with E-state index in [2.05, 4.69) is 15.4 Å². The van der Waals surface area contributed by atoms with E-state index >= 15 is 0 Å². The maximum atomic E-state index is 11.2. The first-order valence-corrected chi connectivity index (χ1v) is 7.84. The molecule has 0 spiro atoms. The summed E-state index contributed by atoms with van der Waals surface area (Å²) in [7, 11) is 0. The molecule has 5 nitrogen and oxygen atoms in total. The van der Waals surface area contributed by atoms with Crippen LogP contribution >= 0.6 is 0 Å². The third-order valence-corrected chi connectivity index (χ3v) is 4.84. The van der Waals surface area contributed by atoms with Crippen LogP contribution in [0.2, 0.25) is 0 Å². The molecular formula is C17H19N3O2. The Morgan fingerprint density at radius 1 is 1.32 bits per heavy atom. The summed E-state index contributed by atoms with van der Waals surface area (Å²) in [5.74, 6) is 2.12. The Labute approximate surface area is 129 Å². The van der Waals surface area contributed by atoms with Gasteiger partial charge in [-0.05, 0) is 37.0 Å². The van der Waals surface area contributed by atoms with Crippen LogP contribution < -0.4 is 5.43 Å². The van der Waals surface area contributed by atoms with Gasteiger partial charge in [0.25, 0.3) is 0 Å². The van der Waals surface area contributed by atoms with Crippen LogP contribution in [0.5, 0.6) is 0 Å². The Balaban J connectivity index is 1.77. The molecule has 3 fully saturated rings. The maximum absolute atomic E-state index is 11.2. The quantitative estimate of drug-likeness (QED) is 0.882. The van der Waals surface area contributed by atoms with E-state index in [1.54, 1.807) is 6.20 Å². The number of fused-ring (bicyclic) bond motifs is 4. The van der Waals surface area contributed by atoms with E-state index < -0.39 is 0 Å². The van der Waals surface area contributed by atoms with Gasteiger partial charge in [-0.15, -0.1) is 0 Å². The number of hydrogen-bond acceptors (Lipinski definition) is 5. The van der Waals surface area contributed by atoms with Gasteiger partial charge in [-0.1, -0.05) is 6.07 Å². The molecule has 114 valence electrons. The van der Waals surface area contributed by atoms with Crippen LogP contribution in [0.3, 0.4) is 0 Å². The van der Waals surface area contributed by atoms with Crippen molar-refractivity contribution in [2.75, 3.05) is 19.6 Å². The molecule has 2 aromatic rings. The van der Waals surface area contributed by atoms with Crippen molar-refractivity contribution in [2.45, 2.75) is 18.8 Å². The molecule has 0 aliphatic carbocycles. The third-order valence-electron chi connectivity index (χ3n) is 4.84. The van der Waals surface area contributed by atoms with Crippen LogP contribution in [-0.4, -0.2) is 35.9 Å². The average molecular weight is 297 g/mol. The minimum absolute atomic E-state index is 0.363. The number of piperidine rings is 1. The number of furan rings is 1. The number of aromatic nitrogens is 1. The predicted molar refractivity (Wildman–Crippen MR) is 82.4 cm³/mol. The minimum atomic E-state index is 0.363. The molecule has 2 aromatic heterocycles. The molecule has 3 saturated heterocycles. The Morgan fingerprint density at radius 3 is 2.91 bits per heavy atom. The third kappa shape index (κ3) is 2.36. The molecule has 5 heterocycles. The van der Waals surface area contributed by atoms with Gasteiger partial charge < -0.3 is 4.42 Å². The van der Waals surface area contributed by atoms with Gasteiger partial charge in [-0.3, -0.25) is 15.2 Å². The zero-order chi connectivity index (χ0) is 14.9. The highest BCUT2D eigenvalue weighted by Crippen LogP contribution is 2.40. The van der Waals surface area contributed by atoms with Crippen molar-refractivity contribution < 1.29 is 9.21 Å². The normalized spacial score (nSPS) is 27.5. The molecule has 0 radical (unpaired) electrons. The molecule has 0 saturated carbocycles. The van der Waals surface area contributed by atoms with Gasteiger partial charge in [0.05, 0.1) is 0 Å². The topological polar surface area (TPSA) is 58.4 Å². The van der Waals surface area contributed by atoms with Crippen LogP contribution in [0.4, 0.5) is 0 Å². The first-order valence-electron chi connectivity index (χ1n) is 7.84. The van der Waals surface area contributed by atoms with E-state index in [-0.39, 0.29) is 0 Å². The lowest BCUT2D eigenvalue weighted by molar-refractivity contribution is 0.110. The lowest BCUT2D eigenvalue weighted by Gasteiger charge is -2.28. The van der Waals surface area contributed by atoms with Crippen molar-refractivity contribution in [3.05, 3.63) is 41.8 Å². The van der Waals surface area contributed by atoms with E-state index in [1.165, 1.54) is 12.8 Å². The van der Waals surface area contributed by atoms with Crippen LogP contribution in [0, 0.1) is 5.92 Å². The highest BCUT2D eigenvalue weighted by Gasteiger charge is 2.34. The summed E-state index contributed by atoms with van der Waals surface area (Å²) in [6.45, 7) is 3.08. The molecular weight excluding hydrogens is 278 g/mol. The SMILES string of the molecule is O=Cc1cc(C2CNN3CCC2CC3)c(-c2ccccn2)o1. The van der Waals surface area contributed by atoms with Gasteiger partial charge in [0.2, 0.25) is 0 Å². The van der Waals surface area contributed by atoms with E-state index in [9.17, 15) is 4.79 Å². The molecule has 5 heteroatoms. The summed E-state index contributed by atoms with van der Waals surface area (Å²) in [6, 6.07) is 7.66. The monoisotopic (exact) mass is 297 g/mol. The summed E-state index contributed by atoms with van der Waals surface area (Å²) in [4.78, 5) is 15.6. The van der Waals surface area contributed by atoms with Crippen molar-refractivity contribution >= 4 is 6.29 Å². The highest BCUT2D eigenvalue weighted by atomic mass is 16.3. The van der Waals surface area contributed by atoms with Gasteiger partial charge in [0.15, 0.2) is 17.8 Å². The zero-order valence-corrected chi connectivity index (χ0v) is 12.4. The Morgan fingerprint density at radius 2 is 2.18 bits per heavy atom. The minimum Gasteiger partial charge on any atom is -0.451 e. The molecule has 1 unspecified atom stereocenters. The van der Waals surface area contributed by atoms with Gasteiger partial charge in [-0.25, -0.2) is 5.01 Å². The van der Waals surface area contributed by atoms with E-state index in [4.69, 9.17) is 4.42 Å². The van der Waals surface area contributed by atoms with Gasteiger partial charge >= 0.3 is 0 Å². The molecule has 1 N–H and O–H groups in total. The lowest BCUT2D eigenvalue weighted by atomic mass is 9.81. The van der Waals surface area contributed by atoms with E-state index in [1.807, 2.05) is 24.3 Å². The van der Waals surface area contributed by atoms with Crippen molar-refractivity contribution in [3.63, 3.8) is 0 Å². The lowest BCUT2D eigenvalue weighted by Crippen LogP contribution is -2.39. The molecule has 0 aromatic carbocycles. The van der Waals surface area contributed by atoms with Crippen LogP contribution in [0.15, 0.2) is 34.9 Å². The van der Waals surface area contributed by atoms with Gasteiger partial charge in [0.1, 0.15) is 5.69 Å². The van der Waals surface area contributed by atoms with Crippen molar-refractivity contribution in [1.82, 2.24) is 15.4 Å². The number of aldehydes is 1. The largest absolute Gasteiger partial charge is 0.451 e.